The van der Waals surface area contributed by atoms with E-state index in [0.717, 1.165) is 50.6 Å². The molecule has 3 aliphatic rings. The van der Waals surface area contributed by atoms with Crippen molar-refractivity contribution in [2.75, 3.05) is 13.1 Å². The summed E-state index contributed by atoms with van der Waals surface area (Å²) in [6, 6.07) is 0.249. The van der Waals surface area contributed by atoms with Crippen molar-refractivity contribution in [2.24, 2.45) is 23.5 Å². The standard InChI is InChI=1S/C15H24N2O.ClH/c16-14-7-3-6-11(8-14)15(18)17-9-12-4-1-2-5-13(12)10-17;/h1-2,11-14H,3-10,16H2;1H/t11-,12-,13+,14+;/m1./s1. The Morgan fingerprint density at radius 1 is 1.11 bits per heavy atom. The van der Waals surface area contributed by atoms with E-state index in [0.29, 0.717) is 5.91 Å². The van der Waals surface area contributed by atoms with Gasteiger partial charge in [-0.05, 0) is 43.9 Å². The summed E-state index contributed by atoms with van der Waals surface area (Å²) in [4.78, 5) is 14.7. The van der Waals surface area contributed by atoms with Crippen LogP contribution in [0.1, 0.15) is 38.5 Å². The van der Waals surface area contributed by atoms with E-state index in [2.05, 4.69) is 17.1 Å². The summed E-state index contributed by atoms with van der Waals surface area (Å²) < 4.78 is 0. The van der Waals surface area contributed by atoms with Crippen molar-refractivity contribution < 1.29 is 4.79 Å². The first-order valence-electron chi connectivity index (χ1n) is 7.43. The lowest BCUT2D eigenvalue weighted by molar-refractivity contribution is -0.135. The summed E-state index contributed by atoms with van der Waals surface area (Å²) >= 11 is 0. The Labute approximate surface area is 122 Å². The highest BCUT2D eigenvalue weighted by Gasteiger charge is 2.38. The molecule has 0 aromatic carbocycles. The van der Waals surface area contributed by atoms with Crippen molar-refractivity contribution in [1.29, 1.82) is 0 Å². The minimum Gasteiger partial charge on any atom is -0.342 e. The summed E-state index contributed by atoms with van der Waals surface area (Å²) in [5.74, 6) is 2.04. The van der Waals surface area contributed by atoms with Gasteiger partial charge in [0, 0.05) is 25.0 Å². The first-order valence-corrected chi connectivity index (χ1v) is 7.43. The highest BCUT2D eigenvalue weighted by atomic mass is 35.5. The third-order valence-electron chi connectivity index (χ3n) is 5.00. The van der Waals surface area contributed by atoms with Gasteiger partial charge in [-0.15, -0.1) is 12.4 Å². The lowest BCUT2D eigenvalue weighted by atomic mass is 9.85. The molecule has 4 heteroatoms. The molecule has 108 valence electrons. The number of hydrogen-bond donors (Lipinski definition) is 1. The van der Waals surface area contributed by atoms with E-state index in [1.54, 1.807) is 0 Å². The second kappa shape index (κ2) is 6.27. The van der Waals surface area contributed by atoms with Crippen LogP contribution in [0.5, 0.6) is 0 Å². The van der Waals surface area contributed by atoms with Gasteiger partial charge in [0.15, 0.2) is 0 Å². The Morgan fingerprint density at radius 3 is 2.32 bits per heavy atom. The minimum absolute atomic E-state index is 0. The zero-order valence-corrected chi connectivity index (χ0v) is 12.3. The van der Waals surface area contributed by atoms with Crippen LogP contribution in [0.2, 0.25) is 0 Å². The van der Waals surface area contributed by atoms with Gasteiger partial charge in [-0.2, -0.15) is 0 Å². The lowest BCUT2D eigenvalue weighted by Gasteiger charge is -2.29. The molecule has 0 spiro atoms. The Hall–Kier alpha value is -0.540. The Balaban J connectivity index is 0.00000133. The summed E-state index contributed by atoms with van der Waals surface area (Å²) in [7, 11) is 0. The van der Waals surface area contributed by atoms with Crippen molar-refractivity contribution in [2.45, 2.75) is 44.6 Å². The Morgan fingerprint density at radius 2 is 1.74 bits per heavy atom. The third kappa shape index (κ3) is 3.14. The Bertz CT molecular complexity index is 342. The molecule has 0 radical (unpaired) electrons. The molecule has 2 N–H and O–H groups in total. The molecule has 4 atom stereocenters. The molecule has 3 nitrogen and oxygen atoms in total. The molecule has 2 aliphatic carbocycles. The molecule has 1 amide bonds. The first-order chi connectivity index (χ1) is 8.74. The highest BCUT2D eigenvalue weighted by Crippen LogP contribution is 2.35. The number of carbonyl (C=O) groups excluding carboxylic acids is 1. The van der Waals surface area contributed by atoms with Gasteiger partial charge < -0.3 is 10.6 Å². The van der Waals surface area contributed by atoms with Crippen LogP contribution in [0.4, 0.5) is 0 Å². The van der Waals surface area contributed by atoms with Crippen molar-refractivity contribution in [3.63, 3.8) is 0 Å². The number of allylic oxidation sites excluding steroid dienone is 2. The minimum atomic E-state index is 0. The van der Waals surface area contributed by atoms with E-state index < -0.39 is 0 Å². The molecular formula is C15H25ClN2O. The fourth-order valence-corrected chi connectivity index (χ4v) is 3.90. The van der Waals surface area contributed by atoms with Gasteiger partial charge in [-0.25, -0.2) is 0 Å². The second-order valence-electron chi connectivity index (χ2n) is 6.33. The van der Waals surface area contributed by atoms with Gasteiger partial charge in [0.05, 0.1) is 0 Å². The molecule has 0 unspecified atom stereocenters. The molecule has 0 aromatic rings. The Kier molecular flexibility index (Phi) is 4.91. The van der Waals surface area contributed by atoms with Crippen LogP contribution >= 0.6 is 12.4 Å². The summed E-state index contributed by atoms with van der Waals surface area (Å²) in [6.45, 7) is 1.97. The van der Waals surface area contributed by atoms with Gasteiger partial charge in [-0.1, -0.05) is 18.6 Å². The third-order valence-corrected chi connectivity index (χ3v) is 5.00. The summed E-state index contributed by atoms with van der Waals surface area (Å²) in [5, 5.41) is 0. The predicted octanol–water partition coefficient (Wildman–Crippen LogP) is 2.35. The smallest absolute Gasteiger partial charge is 0.225 e. The number of nitrogens with zero attached hydrogens (tertiary/aromatic N) is 1. The molecule has 0 aromatic heterocycles. The van der Waals surface area contributed by atoms with Gasteiger partial charge in [0.2, 0.25) is 5.91 Å². The maximum Gasteiger partial charge on any atom is 0.225 e. The van der Waals surface area contributed by atoms with Crippen LogP contribution in [-0.4, -0.2) is 29.9 Å². The van der Waals surface area contributed by atoms with E-state index >= 15 is 0 Å². The number of likely N-dealkylation sites (tertiary alicyclic amines) is 1. The molecule has 1 saturated carbocycles. The largest absolute Gasteiger partial charge is 0.342 e. The SMILES string of the molecule is Cl.N[C@H]1CCC[C@@H](C(=O)N2C[C@H]3CC=CC[C@H]3C2)C1. The molecule has 0 bridgehead atoms. The highest BCUT2D eigenvalue weighted by molar-refractivity contribution is 5.85. The van der Waals surface area contributed by atoms with Crippen LogP contribution in [0, 0.1) is 17.8 Å². The first kappa shape index (κ1) is 14.9. The quantitative estimate of drug-likeness (QED) is 0.752. The maximum absolute atomic E-state index is 12.5. The number of amides is 1. The van der Waals surface area contributed by atoms with Crippen LogP contribution in [0.15, 0.2) is 12.2 Å². The molecule has 3 rings (SSSR count). The van der Waals surface area contributed by atoms with Crippen molar-refractivity contribution in [3.8, 4) is 0 Å². The average molecular weight is 285 g/mol. The molecule has 19 heavy (non-hydrogen) atoms. The monoisotopic (exact) mass is 284 g/mol. The van der Waals surface area contributed by atoms with Crippen LogP contribution in [0.3, 0.4) is 0 Å². The van der Waals surface area contributed by atoms with Crippen LogP contribution in [-0.2, 0) is 4.79 Å². The van der Waals surface area contributed by atoms with Gasteiger partial charge in [-0.3, -0.25) is 4.79 Å². The summed E-state index contributed by atoms with van der Waals surface area (Å²) in [5.41, 5.74) is 6.00. The number of rotatable bonds is 1. The molecule has 1 heterocycles. The topological polar surface area (TPSA) is 46.3 Å². The van der Waals surface area contributed by atoms with Crippen molar-refractivity contribution in [1.82, 2.24) is 4.90 Å². The van der Waals surface area contributed by atoms with E-state index in [1.165, 1.54) is 12.8 Å². The number of hydrogen-bond acceptors (Lipinski definition) is 2. The van der Waals surface area contributed by atoms with Gasteiger partial charge in [0.1, 0.15) is 0 Å². The molecule has 2 fully saturated rings. The number of halogens is 1. The molecule has 1 aliphatic heterocycles. The lowest BCUT2D eigenvalue weighted by Crippen LogP contribution is -2.39. The summed E-state index contributed by atoms with van der Waals surface area (Å²) in [6.07, 6.45) is 11.1. The normalized spacial score (nSPS) is 37.6. The fraction of sp³-hybridized carbons (Fsp3) is 0.800. The molecule has 1 saturated heterocycles. The predicted molar refractivity (Wildman–Crippen MR) is 79.1 cm³/mol. The number of carbonyl (C=O) groups is 1. The van der Waals surface area contributed by atoms with E-state index in [-0.39, 0.29) is 24.4 Å². The van der Waals surface area contributed by atoms with Crippen molar-refractivity contribution in [3.05, 3.63) is 12.2 Å². The van der Waals surface area contributed by atoms with Crippen LogP contribution in [0.25, 0.3) is 0 Å². The zero-order chi connectivity index (χ0) is 12.5. The zero-order valence-electron chi connectivity index (χ0n) is 11.5. The molecular weight excluding hydrogens is 260 g/mol. The maximum atomic E-state index is 12.5. The number of nitrogens with two attached hydrogens (primary N) is 1. The van der Waals surface area contributed by atoms with Gasteiger partial charge in [0.25, 0.3) is 0 Å². The van der Waals surface area contributed by atoms with Crippen LogP contribution < -0.4 is 5.73 Å². The van der Waals surface area contributed by atoms with Gasteiger partial charge >= 0.3 is 0 Å². The average Bonchev–Trinajstić information content (AvgIpc) is 2.81. The van der Waals surface area contributed by atoms with E-state index in [1.807, 2.05) is 0 Å². The number of fused-ring (bicyclic) bond motifs is 1. The van der Waals surface area contributed by atoms with E-state index in [9.17, 15) is 4.79 Å². The van der Waals surface area contributed by atoms with E-state index in [4.69, 9.17) is 5.73 Å². The second-order valence-corrected chi connectivity index (χ2v) is 6.33. The fourth-order valence-electron chi connectivity index (χ4n) is 3.90. The van der Waals surface area contributed by atoms with Crippen molar-refractivity contribution >= 4 is 18.3 Å².